The predicted molar refractivity (Wildman–Crippen MR) is 72.2 cm³/mol. The maximum absolute atomic E-state index is 10.4. The third kappa shape index (κ3) is 2.49. The second kappa shape index (κ2) is 5.05. The molecule has 0 aliphatic carbocycles. The van der Waals surface area contributed by atoms with Crippen LogP contribution in [0.3, 0.4) is 0 Å². The van der Waals surface area contributed by atoms with Gasteiger partial charge in [0, 0.05) is 24.7 Å². The molecule has 3 rings (SSSR count). The number of hydrogen-bond donors (Lipinski definition) is 1. The van der Waals surface area contributed by atoms with Crippen LogP contribution in [-0.2, 0) is 13.5 Å². The zero-order valence-corrected chi connectivity index (χ0v) is 11.0. The number of benzene rings is 1. The van der Waals surface area contributed by atoms with Crippen LogP contribution in [0.4, 0.5) is 0 Å². The largest absolute Gasteiger partial charge is 0.493 e. The first-order chi connectivity index (χ1) is 9.24. The molecular weight excluding hydrogens is 240 g/mol. The molecule has 1 N–H and O–H groups in total. The molecule has 2 unspecified atom stereocenters. The predicted octanol–water partition coefficient (Wildman–Crippen LogP) is 1.89. The van der Waals surface area contributed by atoms with Gasteiger partial charge in [0.2, 0.25) is 0 Å². The number of nitrogens with zero attached hydrogens (tertiary/aromatic N) is 2. The summed E-state index contributed by atoms with van der Waals surface area (Å²) in [7, 11) is 1.90. The maximum Gasteiger partial charge on any atom is 0.123 e. The van der Waals surface area contributed by atoms with Crippen molar-refractivity contribution in [2.75, 3.05) is 6.61 Å². The Morgan fingerprint density at radius 3 is 3.11 bits per heavy atom. The SMILES string of the molecule is Cn1cc(CCC(O)C2COc3ccccc32)cn1. The van der Waals surface area contributed by atoms with E-state index in [0.29, 0.717) is 6.61 Å². The number of para-hydroxylation sites is 1. The zero-order valence-electron chi connectivity index (χ0n) is 11.0. The summed E-state index contributed by atoms with van der Waals surface area (Å²) in [5.41, 5.74) is 2.29. The Balaban J connectivity index is 1.64. The highest BCUT2D eigenvalue weighted by atomic mass is 16.5. The number of aliphatic hydroxyl groups is 1. The molecule has 19 heavy (non-hydrogen) atoms. The number of hydrogen-bond acceptors (Lipinski definition) is 3. The number of aryl methyl sites for hydroxylation is 2. The molecule has 0 radical (unpaired) electrons. The van der Waals surface area contributed by atoms with Gasteiger partial charge in [-0.2, -0.15) is 5.10 Å². The van der Waals surface area contributed by atoms with Gasteiger partial charge in [-0.25, -0.2) is 0 Å². The number of rotatable bonds is 4. The van der Waals surface area contributed by atoms with Crippen LogP contribution >= 0.6 is 0 Å². The molecule has 0 fully saturated rings. The second-order valence-corrected chi connectivity index (χ2v) is 5.08. The van der Waals surface area contributed by atoms with Crippen LogP contribution < -0.4 is 4.74 Å². The van der Waals surface area contributed by atoms with Gasteiger partial charge >= 0.3 is 0 Å². The molecule has 2 heterocycles. The first kappa shape index (κ1) is 12.2. The van der Waals surface area contributed by atoms with Crippen LogP contribution in [0.15, 0.2) is 36.7 Å². The number of ether oxygens (including phenoxy) is 1. The molecule has 1 aliphatic rings. The fourth-order valence-electron chi connectivity index (χ4n) is 2.62. The van der Waals surface area contributed by atoms with Crippen LogP contribution in [0.5, 0.6) is 5.75 Å². The van der Waals surface area contributed by atoms with Gasteiger partial charge in [-0.05, 0) is 24.5 Å². The quantitative estimate of drug-likeness (QED) is 0.911. The first-order valence-electron chi connectivity index (χ1n) is 6.61. The second-order valence-electron chi connectivity index (χ2n) is 5.08. The summed E-state index contributed by atoms with van der Waals surface area (Å²) in [6, 6.07) is 7.96. The van der Waals surface area contributed by atoms with Gasteiger partial charge in [0.15, 0.2) is 0 Å². The minimum Gasteiger partial charge on any atom is -0.493 e. The molecule has 0 amide bonds. The zero-order chi connectivity index (χ0) is 13.2. The summed E-state index contributed by atoms with van der Waals surface area (Å²) >= 11 is 0. The van der Waals surface area contributed by atoms with Crippen molar-refractivity contribution < 1.29 is 9.84 Å². The fraction of sp³-hybridized carbons (Fsp3) is 0.400. The standard InChI is InChI=1S/C15H18N2O2/c1-17-9-11(8-16-17)6-7-14(18)13-10-19-15-5-3-2-4-12(13)15/h2-5,8-9,13-14,18H,6-7,10H2,1H3. The highest BCUT2D eigenvalue weighted by Crippen LogP contribution is 2.36. The third-order valence-electron chi connectivity index (χ3n) is 3.69. The lowest BCUT2D eigenvalue weighted by Gasteiger charge is -2.16. The van der Waals surface area contributed by atoms with Crippen molar-refractivity contribution in [2.24, 2.45) is 7.05 Å². The average molecular weight is 258 g/mol. The highest BCUT2D eigenvalue weighted by Gasteiger charge is 2.29. The van der Waals surface area contributed by atoms with E-state index in [9.17, 15) is 5.11 Å². The van der Waals surface area contributed by atoms with Crippen LogP contribution in [-0.4, -0.2) is 27.6 Å². The van der Waals surface area contributed by atoms with Crippen molar-refractivity contribution in [3.05, 3.63) is 47.8 Å². The van der Waals surface area contributed by atoms with E-state index in [-0.39, 0.29) is 12.0 Å². The monoisotopic (exact) mass is 258 g/mol. The fourth-order valence-corrected chi connectivity index (χ4v) is 2.62. The summed E-state index contributed by atoms with van der Waals surface area (Å²) in [6.07, 6.45) is 5.04. The van der Waals surface area contributed by atoms with Crippen molar-refractivity contribution in [1.82, 2.24) is 9.78 Å². The van der Waals surface area contributed by atoms with Gasteiger partial charge < -0.3 is 9.84 Å². The summed E-state index contributed by atoms with van der Waals surface area (Å²) < 4.78 is 7.40. The maximum atomic E-state index is 10.4. The van der Waals surface area contributed by atoms with E-state index in [4.69, 9.17) is 4.74 Å². The molecule has 4 nitrogen and oxygen atoms in total. The minimum atomic E-state index is -0.371. The van der Waals surface area contributed by atoms with Crippen LogP contribution in [0.1, 0.15) is 23.5 Å². The normalized spacial score (nSPS) is 18.9. The van der Waals surface area contributed by atoms with Crippen molar-refractivity contribution in [3.63, 3.8) is 0 Å². The molecule has 1 aromatic heterocycles. The van der Waals surface area contributed by atoms with E-state index < -0.39 is 0 Å². The minimum absolute atomic E-state index is 0.0906. The molecule has 2 aromatic rings. The van der Waals surface area contributed by atoms with Crippen molar-refractivity contribution in [3.8, 4) is 5.75 Å². The van der Waals surface area contributed by atoms with E-state index in [1.54, 1.807) is 4.68 Å². The lowest BCUT2D eigenvalue weighted by molar-refractivity contribution is 0.120. The molecular formula is C15H18N2O2. The Hall–Kier alpha value is -1.81. The van der Waals surface area contributed by atoms with Crippen molar-refractivity contribution >= 4 is 0 Å². The van der Waals surface area contributed by atoms with E-state index >= 15 is 0 Å². The van der Waals surface area contributed by atoms with Gasteiger partial charge in [-0.3, -0.25) is 4.68 Å². The molecule has 0 bridgehead atoms. The summed E-state index contributed by atoms with van der Waals surface area (Å²) in [5, 5.41) is 14.5. The lowest BCUT2D eigenvalue weighted by atomic mass is 9.92. The Bertz CT molecular complexity index is 565. The van der Waals surface area contributed by atoms with Crippen molar-refractivity contribution in [1.29, 1.82) is 0 Å². The molecule has 4 heteroatoms. The number of aromatic nitrogens is 2. The Kier molecular flexibility index (Phi) is 3.25. The molecule has 1 aromatic carbocycles. The van der Waals surface area contributed by atoms with Crippen molar-refractivity contribution in [2.45, 2.75) is 24.9 Å². The average Bonchev–Trinajstić information content (AvgIpc) is 3.02. The van der Waals surface area contributed by atoms with Gasteiger partial charge in [0.1, 0.15) is 5.75 Å². The first-order valence-corrected chi connectivity index (χ1v) is 6.61. The topological polar surface area (TPSA) is 47.3 Å². The van der Waals surface area contributed by atoms with Gasteiger partial charge in [0.05, 0.1) is 18.9 Å². The van der Waals surface area contributed by atoms with Crippen LogP contribution in [0.2, 0.25) is 0 Å². The summed E-state index contributed by atoms with van der Waals surface area (Å²) in [4.78, 5) is 0. The summed E-state index contributed by atoms with van der Waals surface area (Å²) in [5.74, 6) is 1.00. The van der Waals surface area contributed by atoms with Crippen LogP contribution in [0.25, 0.3) is 0 Å². The van der Waals surface area contributed by atoms with E-state index in [2.05, 4.69) is 5.10 Å². The van der Waals surface area contributed by atoms with Gasteiger partial charge in [-0.1, -0.05) is 18.2 Å². The van der Waals surface area contributed by atoms with E-state index in [1.807, 2.05) is 43.7 Å². The number of aliphatic hydroxyl groups excluding tert-OH is 1. The van der Waals surface area contributed by atoms with E-state index in [1.165, 1.54) is 0 Å². The summed E-state index contributed by atoms with van der Waals surface area (Å²) in [6.45, 7) is 0.577. The Morgan fingerprint density at radius 1 is 1.47 bits per heavy atom. The number of fused-ring (bicyclic) bond motifs is 1. The third-order valence-corrected chi connectivity index (χ3v) is 3.69. The molecule has 2 atom stereocenters. The van der Waals surface area contributed by atoms with Gasteiger partial charge in [0.25, 0.3) is 0 Å². The molecule has 0 saturated carbocycles. The van der Waals surface area contributed by atoms with E-state index in [0.717, 1.165) is 29.7 Å². The molecule has 100 valence electrons. The molecule has 0 saturated heterocycles. The molecule has 1 aliphatic heterocycles. The van der Waals surface area contributed by atoms with Gasteiger partial charge in [-0.15, -0.1) is 0 Å². The van der Waals surface area contributed by atoms with Crippen LogP contribution in [0, 0.1) is 0 Å². The highest BCUT2D eigenvalue weighted by molar-refractivity contribution is 5.40. The lowest BCUT2D eigenvalue weighted by Crippen LogP contribution is -2.20. The Labute approximate surface area is 112 Å². The molecule has 0 spiro atoms. The Morgan fingerprint density at radius 2 is 2.32 bits per heavy atom. The smallest absolute Gasteiger partial charge is 0.123 e.